The Labute approximate surface area is 110 Å². The van der Waals surface area contributed by atoms with Crippen LogP contribution in [0.15, 0.2) is 49.8 Å². The Morgan fingerprint density at radius 3 is 2.72 bits per heavy atom. The van der Waals surface area contributed by atoms with Crippen LogP contribution in [0.3, 0.4) is 0 Å². The monoisotopic (exact) mass is 242 g/mol. The van der Waals surface area contributed by atoms with Crippen molar-refractivity contribution in [3.63, 3.8) is 0 Å². The highest BCUT2D eigenvalue weighted by Crippen LogP contribution is 2.21. The third-order valence-corrected chi connectivity index (χ3v) is 2.78. The summed E-state index contributed by atoms with van der Waals surface area (Å²) in [6.07, 6.45) is 5.42. The van der Waals surface area contributed by atoms with Crippen molar-refractivity contribution in [2.24, 2.45) is 0 Å². The zero-order chi connectivity index (χ0) is 13.4. The summed E-state index contributed by atoms with van der Waals surface area (Å²) in [5, 5.41) is 6.44. The highest BCUT2D eigenvalue weighted by atomic mass is 14.9. The fourth-order valence-corrected chi connectivity index (χ4v) is 1.72. The minimum atomic E-state index is 0.845. The van der Waals surface area contributed by atoms with E-state index >= 15 is 0 Å². The lowest BCUT2D eigenvalue weighted by atomic mass is 10.1. The van der Waals surface area contributed by atoms with Crippen molar-refractivity contribution in [1.29, 1.82) is 0 Å². The zero-order valence-corrected chi connectivity index (χ0v) is 11.1. The summed E-state index contributed by atoms with van der Waals surface area (Å²) in [7, 11) is 0. The van der Waals surface area contributed by atoms with Crippen LogP contribution in [-0.4, -0.2) is 6.54 Å². The summed E-state index contributed by atoms with van der Waals surface area (Å²) < 4.78 is 0. The Morgan fingerprint density at radius 1 is 1.33 bits per heavy atom. The fourth-order valence-electron chi connectivity index (χ4n) is 1.72. The number of hydrogen-bond donors (Lipinski definition) is 2. The first-order valence-corrected chi connectivity index (χ1v) is 6.25. The van der Waals surface area contributed by atoms with E-state index in [1.54, 1.807) is 6.20 Å². The van der Waals surface area contributed by atoms with Crippen LogP contribution in [0.5, 0.6) is 0 Å². The van der Waals surface area contributed by atoms with E-state index in [-0.39, 0.29) is 0 Å². The number of rotatable bonds is 8. The number of aryl methyl sites for hydroxylation is 1. The van der Waals surface area contributed by atoms with E-state index in [4.69, 9.17) is 0 Å². The van der Waals surface area contributed by atoms with Gasteiger partial charge < -0.3 is 10.6 Å². The molecule has 0 aromatic heterocycles. The predicted octanol–water partition coefficient (Wildman–Crippen LogP) is 3.94. The maximum Gasteiger partial charge on any atom is 0.0420 e. The maximum absolute atomic E-state index is 4.04. The first-order chi connectivity index (χ1) is 8.71. The quantitative estimate of drug-likeness (QED) is 0.675. The van der Waals surface area contributed by atoms with E-state index in [0.717, 1.165) is 36.3 Å². The molecule has 0 saturated heterocycles. The molecule has 0 fully saturated rings. The van der Waals surface area contributed by atoms with Gasteiger partial charge in [0.15, 0.2) is 0 Å². The number of anilines is 1. The van der Waals surface area contributed by atoms with Crippen molar-refractivity contribution < 1.29 is 0 Å². The molecule has 96 valence electrons. The third kappa shape index (κ3) is 4.13. The second-order valence-electron chi connectivity index (χ2n) is 4.11. The standard InChI is InChI=1S/C16H22N2/c1-5-14-8-9-15(6-2)16(12-14)18-13(4)10-11-17-7-3/h5,7-9,12,17-18H,1,3-4,6,10-11H2,2H3. The lowest BCUT2D eigenvalue weighted by Gasteiger charge is -2.14. The second kappa shape index (κ2) is 7.38. The van der Waals surface area contributed by atoms with Gasteiger partial charge >= 0.3 is 0 Å². The molecule has 2 heteroatoms. The normalized spacial score (nSPS) is 9.61. The van der Waals surface area contributed by atoms with Gasteiger partial charge in [0.25, 0.3) is 0 Å². The highest BCUT2D eigenvalue weighted by Gasteiger charge is 2.02. The summed E-state index contributed by atoms with van der Waals surface area (Å²) in [4.78, 5) is 0. The lowest BCUT2D eigenvalue weighted by molar-refractivity contribution is 0.830. The van der Waals surface area contributed by atoms with E-state index in [1.165, 1.54) is 5.56 Å². The Morgan fingerprint density at radius 2 is 2.11 bits per heavy atom. The summed E-state index contributed by atoms with van der Waals surface area (Å²) in [5.74, 6) is 0. The van der Waals surface area contributed by atoms with Crippen molar-refractivity contribution in [2.75, 3.05) is 11.9 Å². The Kier molecular flexibility index (Phi) is 5.78. The molecular formula is C16H22N2. The molecule has 2 N–H and O–H groups in total. The molecule has 0 aliphatic carbocycles. The molecule has 0 saturated carbocycles. The van der Waals surface area contributed by atoms with Crippen molar-refractivity contribution in [1.82, 2.24) is 5.32 Å². The Hall–Kier alpha value is -1.96. The molecule has 0 bridgehead atoms. The largest absolute Gasteiger partial charge is 0.391 e. The molecular weight excluding hydrogens is 220 g/mol. The van der Waals surface area contributed by atoms with Crippen LogP contribution in [-0.2, 0) is 6.42 Å². The molecule has 1 rings (SSSR count). The highest BCUT2D eigenvalue weighted by molar-refractivity contribution is 5.62. The van der Waals surface area contributed by atoms with Crippen molar-refractivity contribution in [2.45, 2.75) is 19.8 Å². The topological polar surface area (TPSA) is 24.1 Å². The molecule has 2 nitrogen and oxygen atoms in total. The molecule has 1 aromatic carbocycles. The Balaban J connectivity index is 2.72. The van der Waals surface area contributed by atoms with E-state index < -0.39 is 0 Å². The van der Waals surface area contributed by atoms with E-state index in [2.05, 4.69) is 55.5 Å². The van der Waals surface area contributed by atoms with E-state index in [9.17, 15) is 0 Å². The average Bonchev–Trinajstić information content (AvgIpc) is 2.39. The first-order valence-electron chi connectivity index (χ1n) is 6.25. The molecule has 0 spiro atoms. The average molecular weight is 242 g/mol. The van der Waals surface area contributed by atoms with E-state index in [1.807, 2.05) is 6.08 Å². The van der Waals surface area contributed by atoms with Gasteiger partial charge in [-0.15, -0.1) is 0 Å². The molecule has 1 aromatic rings. The SMILES string of the molecule is C=CNCCC(=C)Nc1cc(C=C)ccc1CC. The number of hydrogen-bond acceptors (Lipinski definition) is 2. The molecule has 0 unspecified atom stereocenters. The molecule has 0 amide bonds. The summed E-state index contributed by atoms with van der Waals surface area (Å²) >= 11 is 0. The van der Waals surface area contributed by atoms with Gasteiger partial charge in [0, 0.05) is 24.4 Å². The molecule has 0 heterocycles. The lowest BCUT2D eigenvalue weighted by Crippen LogP contribution is -2.10. The van der Waals surface area contributed by atoms with Gasteiger partial charge in [0.05, 0.1) is 0 Å². The van der Waals surface area contributed by atoms with Crippen LogP contribution in [0.2, 0.25) is 0 Å². The summed E-state index contributed by atoms with van der Waals surface area (Å²) in [6.45, 7) is 14.5. The molecule has 18 heavy (non-hydrogen) atoms. The minimum absolute atomic E-state index is 0.845. The van der Waals surface area contributed by atoms with Crippen molar-refractivity contribution in [3.05, 3.63) is 61.0 Å². The van der Waals surface area contributed by atoms with Crippen LogP contribution in [0.25, 0.3) is 6.08 Å². The number of nitrogens with one attached hydrogen (secondary N) is 2. The molecule has 0 radical (unpaired) electrons. The van der Waals surface area contributed by atoms with Gasteiger partial charge in [-0.3, -0.25) is 0 Å². The second-order valence-corrected chi connectivity index (χ2v) is 4.11. The zero-order valence-electron chi connectivity index (χ0n) is 11.1. The predicted molar refractivity (Wildman–Crippen MR) is 81.5 cm³/mol. The van der Waals surface area contributed by atoms with Crippen LogP contribution in [0.1, 0.15) is 24.5 Å². The van der Waals surface area contributed by atoms with Crippen LogP contribution in [0.4, 0.5) is 5.69 Å². The van der Waals surface area contributed by atoms with Crippen LogP contribution in [0, 0.1) is 0 Å². The van der Waals surface area contributed by atoms with Crippen molar-refractivity contribution >= 4 is 11.8 Å². The maximum atomic E-state index is 4.04. The van der Waals surface area contributed by atoms with Crippen LogP contribution >= 0.6 is 0 Å². The van der Waals surface area contributed by atoms with Gasteiger partial charge in [-0.1, -0.05) is 44.9 Å². The van der Waals surface area contributed by atoms with Crippen molar-refractivity contribution in [3.8, 4) is 0 Å². The van der Waals surface area contributed by atoms with E-state index in [0.29, 0.717) is 0 Å². The van der Waals surface area contributed by atoms with Gasteiger partial charge in [-0.25, -0.2) is 0 Å². The van der Waals surface area contributed by atoms with Gasteiger partial charge in [-0.05, 0) is 29.8 Å². The Bertz CT molecular complexity index is 433. The molecule has 0 atom stereocenters. The van der Waals surface area contributed by atoms with Gasteiger partial charge in [-0.2, -0.15) is 0 Å². The smallest absolute Gasteiger partial charge is 0.0420 e. The van der Waals surface area contributed by atoms with Gasteiger partial charge in [0.2, 0.25) is 0 Å². The fraction of sp³-hybridized carbons (Fsp3) is 0.250. The van der Waals surface area contributed by atoms with Crippen LogP contribution < -0.4 is 10.6 Å². The number of benzene rings is 1. The molecule has 0 aliphatic rings. The molecule has 0 aliphatic heterocycles. The first kappa shape index (κ1) is 14.1. The summed E-state index contributed by atoms with van der Waals surface area (Å²) in [5.41, 5.74) is 4.53. The minimum Gasteiger partial charge on any atom is -0.391 e. The summed E-state index contributed by atoms with van der Waals surface area (Å²) in [6, 6.07) is 6.33. The third-order valence-electron chi connectivity index (χ3n) is 2.78. The van der Waals surface area contributed by atoms with Gasteiger partial charge in [0.1, 0.15) is 0 Å².